The van der Waals surface area contributed by atoms with Crippen molar-refractivity contribution in [1.29, 1.82) is 0 Å². The van der Waals surface area contributed by atoms with Crippen LogP contribution in [0.1, 0.15) is 37.6 Å². The smallest absolute Gasteiger partial charge is 0.253 e. The predicted octanol–water partition coefficient (Wildman–Crippen LogP) is 2.81. The Morgan fingerprint density at radius 2 is 1.72 bits per heavy atom. The SMILES string of the molecule is CC(C)(C)[C@H](N)C(=O)N1CCCN(C(=O)c2cccc(Cl)c2)CC1.Cl. The second-order valence-electron chi connectivity index (χ2n) is 7.33. The number of carbonyl (C=O) groups excluding carboxylic acids is 2. The Bertz CT molecular complexity index is 617. The molecule has 1 aliphatic heterocycles. The number of amides is 2. The molecule has 1 heterocycles. The maximum atomic E-state index is 12.6. The monoisotopic (exact) mass is 387 g/mol. The molecule has 2 N–H and O–H groups in total. The van der Waals surface area contributed by atoms with Crippen LogP contribution in [0.2, 0.25) is 5.02 Å². The summed E-state index contributed by atoms with van der Waals surface area (Å²) in [6.45, 7) is 8.15. The van der Waals surface area contributed by atoms with Crippen LogP contribution in [0.25, 0.3) is 0 Å². The van der Waals surface area contributed by atoms with Gasteiger partial charge >= 0.3 is 0 Å². The zero-order chi connectivity index (χ0) is 17.9. The van der Waals surface area contributed by atoms with E-state index in [1.807, 2.05) is 20.8 Å². The van der Waals surface area contributed by atoms with E-state index in [2.05, 4.69) is 0 Å². The van der Waals surface area contributed by atoms with Gasteiger partial charge in [0, 0.05) is 36.8 Å². The first-order valence-electron chi connectivity index (χ1n) is 8.29. The van der Waals surface area contributed by atoms with Gasteiger partial charge in [0.2, 0.25) is 5.91 Å². The van der Waals surface area contributed by atoms with Crippen molar-refractivity contribution in [3.05, 3.63) is 34.9 Å². The van der Waals surface area contributed by atoms with E-state index in [-0.39, 0.29) is 29.6 Å². The lowest BCUT2D eigenvalue weighted by Gasteiger charge is -2.31. The van der Waals surface area contributed by atoms with Crippen LogP contribution < -0.4 is 5.73 Å². The number of carbonyl (C=O) groups is 2. The van der Waals surface area contributed by atoms with Gasteiger partial charge in [0.1, 0.15) is 0 Å². The molecule has 0 saturated carbocycles. The highest BCUT2D eigenvalue weighted by Gasteiger charge is 2.32. The highest BCUT2D eigenvalue weighted by atomic mass is 35.5. The summed E-state index contributed by atoms with van der Waals surface area (Å²) in [5.74, 6) is -0.0912. The average molecular weight is 388 g/mol. The van der Waals surface area contributed by atoms with E-state index in [0.29, 0.717) is 36.8 Å². The van der Waals surface area contributed by atoms with Crippen LogP contribution in [0.5, 0.6) is 0 Å². The quantitative estimate of drug-likeness (QED) is 0.847. The van der Waals surface area contributed by atoms with E-state index in [0.717, 1.165) is 6.42 Å². The van der Waals surface area contributed by atoms with Gasteiger partial charge in [-0.3, -0.25) is 9.59 Å². The minimum atomic E-state index is -0.535. The molecule has 1 saturated heterocycles. The van der Waals surface area contributed by atoms with Crippen molar-refractivity contribution in [2.24, 2.45) is 11.1 Å². The number of nitrogens with zero attached hydrogens (tertiary/aromatic N) is 2. The molecule has 25 heavy (non-hydrogen) atoms. The van der Waals surface area contributed by atoms with Gasteiger partial charge in [-0.05, 0) is 30.0 Å². The van der Waals surface area contributed by atoms with Crippen LogP contribution in [0.3, 0.4) is 0 Å². The van der Waals surface area contributed by atoms with E-state index in [1.165, 1.54) is 0 Å². The summed E-state index contributed by atoms with van der Waals surface area (Å²) < 4.78 is 0. The third-order valence-corrected chi connectivity index (χ3v) is 4.60. The molecule has 2 rings (SSSR count). The Labute approximate surface area is 160 Å². The van der Waals surface area contributed by atoms with Gasteiger partial charge in [-0.1, -0.05) is 38.4 Å². The number of hydrogen-bond donors (Lipinski definition) is 1. The Balaban J connectivity index is 0.00000312. The number of rotatable bonds is 2. The fourth-order valence-corrected chi connectivity index (χ4v) is 2.90. The number of nitrogens with two attached hydrogens (primary N) is 1. The third kappa shape index (κ3) is 5.59. The lowest BCUT2D eigenvalue weighted by Crippen LogP contribution is -2.51. The number of hydrogen-bond acceptors (Lipinski definition) is 3. The summed E-state index contributed by atoms with van der Waals surface area (Å²) >= 11 is 5.96. The molecule has 1 fully saturated rings. The fourth-order valence-electron chi connectivity index (χ4n) is 2.71. The van der Waals surface area contributed by atoms with Gasteiger partial charge in [0.05, 0.1) is 6.04 Å². The summed E-state index contributed by atoms with van der Waals surface area (Å²) in [5.41, 5.74) is 6.39. The molecular formula is C18H27Cl2N3O2. The molecule has 1 aromatic carbocycles. The zero-order valence-electron chi connectivity index (χ0n) is 15.0. The van der Waals surface area contributed by atoms with Crippen LogP contribution in [0.4, 0.5) is 0 Å². The van der Waals surface area contributed by atoms with E-state index in [4.69, 9.17) is 17.3 Å². The molecule has 5 nitrogen and oxygen atoms in total. The van der Waals surface area contributed by atoms with Crippen molar-refractivity contribution < 1.29 is 9.59 Å². The van der Waals surface area contributed by atoms with Gasteiger partial charge in [0.15, 0.2) is 0 Å². The lowest BCUT2D eigenvalue weighted by atomic mass is 9.86. The Morgan fingerprint density at radius 3 is 2.32 bits per heavy atom. The van der Waals surface area contributed by atoms with Crippen molar-refractivity contribution >= 4 is 35.8 Å². The molecule has 0 unspecified atom stereocenters. The summed E-state index contributed by atoms with van der Waals surface area (Å²) in [5, 5.41) is 0.545. The van der Waals surface area contributed by atoms with Crippen molar-refractivity contribution in [2.75, 3.05) is 26.2 Å². The highest BCUT2D eigenvalue weighted by Crippen LogP contribution is 2.20. The van der Waals surface area contributed by atoms with Crippen molar-refractivity contribution in [3.8, 4) is 0 Å². The Morgan fingerprint density at radius 1 is 1.12 bits per heavy atom. The van der Waals surface area contributed by atoms with Crippen LogP contribution in [-0.4, -0.2) is 53.8 Å². The van der Waals surface area contributed by atoms with Gasteiger partial charge in [0.25, 0.3) is 5.91 Å². The van der Waals surface area contributed by atoms with Crippen LogP contribution in [0.15, 0.2) is 24.3 Å². The average Bonchev–Trinajstić information content (AvgIpc) is 2.78. The first kappa shape index (κ1) is 21.7. The van der Waals surface area contributed by atoms with E-state index in [1.54, 1.807) is 34.1 Å². The minimum absolute atomic E-state index is 0. The molecule has 0 spiro atoms. The van der Waals surface area contributed by atoms with Gasteiger partial charge in [-0.25, -0.2) is 0 Å². The maximum Gasteiger partial charge on any atom is 0.253 e. The van der Waals surface area contributed by atoms with E-state index >= 15 is 0 Å². The van der Waals surface area contributed by atoms with Gasteiger partial charge < -0.3 is 15.5 Å². The topological polar surface area (TPSA) is 66.6 Å². The second-order valence-corrected chi connectivity index (χ2v) is 7.76. The number of halogens is 2. The standard InChI is InChI=1S/C18H26ClN3O2.ClH/c1-18(2,3)15(20)17(24)22-9-5-8-21(10-11-22)16(23)13-6-4-7-14(19)12-13;/h4,6-7,12,15H,5,8-11,20H2,1-3H3;1H/t15-;/m1./s1. The van der Waals surface area contributed by atoms with Gasteiger partial charge in [-0.15, -0.1) is 12.4 Å². The van der Waals surface area contributed by atoms with E-state index < -0.39 is 6.04 Å². The lowest BCUT2D eigenvalue weighted by molar-refractivity contribution is -0.134. The fraction of sp³-hybridized carbons (Fsp3) is 0.556. The molecule has 1 atom stereocenters. The summed E-state index contributed by atoms with van der Waals surface area (Å²) in [7, 11) is 0. The molecule has 1 aliphatic rings. The molecule has 1 aromatic rings. The second kappa shape index (κ2) is 8.88. The van der Waals surface area contributed by atoms with Crippen LogP contribution >= 0.6 is 24.0 Å². The highest BCUT2D eigenvalue weighted by molar-refractivity contribution is 6.30. The summed E-state index contributed by atoms with van der Waals surface area (Å²) in [6.07, 6.45) is 0.745. The van der Waals surface area contributed by atoms with E-state index in [9.17, 15) is 9.59 Å². The molecule has 0 bridgehead atoms. The largest absolute Gasteiger partial charge is 0.339 e. The molecule has 0 aromatic heterocycles. The van der Waals surface area contributed by atoms with Gasteiger partial charge in [-0.2, -0.15) is 0 Å². The molecular weight excluding hydrogens is 361 g/mol. The van der Waals surface area contributed by atoms with Crippen molar-refractivity contribution in [3.63, 3.8) is 0 Å². The van der Waals surface area contributed by atoms with Crippen LogP contribution in [0, 0.1) is 5.41 Å². The maximum absolute atomic E-state index is 12.6. The summed E-state index contributed by atoms with van der Waals surface area (Å²) in [4.78, 5) is 28.7. The number of benzene rings is 1. The Hall–Kier alpha value is -1.30. The normalized spacial score (nSPS) is 16.7. The Kier molecular flexibility index (Phi) is 7.72. The molecule has 0 aliphatic carbocycles. The van der Waals surface area contributed by atoms with Crippen LogP contribution in [-0.2, 0) is 4.79 Å². The molecule has 2 amide bonds. The summed E-state index contributed by atoms with van der Waals surface area (Å²) in [6, 6.07) is 6.42. The zero-order valence-corrected chi connectivity index (χ0v) is 16.6. The first-order valence-corrected chi connectivity index (χ1v) is 8.67. The molecule has 140 valence electrons. The predicted molar refractivity (Wildman–Crippen MR) is 103 cm³/mol. The third-order valence-electron chi connectivity index (χ3n) is 4.37. The molecule has 7 heteroatoms. The minimum Gasteiger partial charge on any atom is -0.339 e. The first-order chi connectivity index (χ1) is 11.2. The molecule has 0 radical (unpaired) electrons. The van der Waals surface area contributed by atoms with Crippen molar-refractivity contribution in [2.45, 2.75) is 33.2 Å². The van der Waals surface area contributed by atoms with Crippen molar-refractivity contribution in [1.82, 2.24) is 9.80 Å².